The molecule has 0 fully saturated rings. The summed E-state index contributed by atoms with van der Waals surface area (Å²) in [5.41, 5.74) is 4.56. The summed E-state index contributed by atoms with van der Waals surface area (Å²) in [5, 5.41) is 2.83. The molecule has 0 aromatic heterocycles. The monoisotopic (exact) mass is 316 g/mol. The van der Waals surface area contributed by atoms with Crippen molar-refractivity contribution in [3.05, 3.63) is 83.4 Å². The van der Waals surface area contributed by atoms with Crippen molar-refractivity contribution in [3.8, 4) is 0 Å². The van der Waals surface area contributed by atoms with Gasteiger partial charge in [0.1, 0.15) is 0 Å². The molecular formula is C24H28. The average molecular weight is 316 g/mol. The van der Waals surface area contributed by atoms with Crippen LogP contribution in [-0.2, 0) is 12.8 Å². The summed E-state index contributed by atoms with van der Waals surface area (Å²) in [6.07, 6.45) is 6.26. The molecule has 0 aliphatic rings. The van der Waals surface area contributed by atoms with Crippen LogP contribution in [0.1, 0.15) is 55.7 Å². The van der Waals surface area contributed by atoms with Crippen LogP contribution in [0.25, 0.3) is 10.8 Å². The molecule has 0 saturated heterocycles. The molecule has 0 radical (unpaired) electrons. The van der Waals surface area contributed by atoms with E-state index in [9.17, 15) is 0 Å². The first-order valence-corrected chi connectivity index (χ1v) is 9.30. The van der Waals surface area contributed by atoms with Gasteiger partial charge in [-0.15, -0.1) is 0 Å². The lowest BCUT2D eigenvalue weighted by atomic mass is 9.89. The highest BCUT2D eigenvalue weighted by molar-refractivity contribution is 5.87. The minimum Gasteiger partial charge on any atom is -0.0622 e. The van der Waals surface area contributed by atoms with E-state index in [0.29, 0.717) is 5.92 Å². The second-order valence-corrected chi connectivity index (χ2v) is 7.06. The van der Waals surface area contributed by atoms with E-state index >= 15 is 0 Å². The molecule has 3 aromatic carbocycles. The van der Waals surface area contributed by atoms with E-state index in [2.05, 4.69) is 80.6 Å². The smallest absolute Gasteiger partial charge is 0.0149 e. The van der Waals surface area contributed by atoms with E-state index in [1.807, 2.05) is 0 Å². The van der Waals surface area contributed by atoms with E-state index in [4.69, 9.17) is 0 Å². The van der Waals surface area contributed by atoms with Gasteiger partial charge in [-0.2, -0.15) is 0 Å². The Bertz CT molecular complexity index is 768. The van der Waals surface area contributed by atoms with Crippen LogP contribution >= 0.6 is 0 Å². The maximum absolute atomic E-state index is 2.34. The number of aryl methyl sites for hydroxylation is 2. The van der Waals surface area contributed by atoms with Crippen molar-refractivity contribution in [2.24, 2.45) is 0 Å². The molecule has 0 atom stereocenters. The minimum atomic E-state index is 0.592. The average Bonchev–Trinajstić information content (AvgIpc) is 2.62. The number of benzene rings is 3. The number of hydrogen-bond acceptors (Lipinski definition) is 0. The Morgan fingerprint density at radius 3 is 2.17 bits per heavy atom. The Balaban J connectivity index is 1.64. The largest absolute Gasteiger partial charge is 0.0622 e. The van der Waals surface area contributed by atoms with Crippen LogP contribution in [0.2, 0.25) is 0 Å². The number of fused-ring (bicyclic) bond motifs is 1. The Hall–Kier alpha value is -2.08. The van der Waals surface area contributed by atoms with Crippen molar-refractivity contribution in [3.63, 3.8) is 0 Å². The zero-order valence-electron chi connectivity index (χ0n) is 15.0. The molecule has 0 spiro atoms. The molecule has 3 aromatic rings. The highest BCUT2D eigenvalue weighted by Crippen LogP contribution is 2.29. The van der Waals surface area contributed by atoms with Crippen molar-refractivity contribution >= 4 is 10.8 Å². The number of unbranched alkanes of at least 4 members (excludes halogenated alkanes) is 2. The van der Waals surface area contributed by atoms with Crippen LogP contribution in [-0.4, -0.2) is 0 Å². The molecule has 0 bridgehead atoms. The van der Waals surface area contributed by atoms with E-state index < -0.39 is 0 Å². The zero-order valence-corrected chi connectivity index (χ0v) is 15.0. The van der Waals surface area contributed by atoms with Gasteiger partial charge in [-0.1, -0.05) is 87.0 Å². The molecule has 3 rings (SSSR count). The maximum Gasteiger partial charge on any atom is -0.0149 e. The SMILES string of the molecule is CC(C)c1ccc2ccccc2c1CCCCCc1ccccc1. The normalized spacial score (nSPS) is 11.3. The van der Waals surface area contributed by atoms with Gasteiger partial charge in [0.2, 0.25) is 0 Å². The molecule has 0 amide bonds. The molecule has 0 N–H and O–H groups in total. The lowest BCUT2D eigenvalue weighted by molar-refractivity contribution is 0.674. The second kappa shape index (κ2) is 8.15. The van der Waals surface area contributed by atoms with Crippen molar-refractivity contribution in [2.75, 3.05) is 0 Å². The molecular weight excluding hydrogens is 288 g/mol. The maximum atomic E-state index is 2.34. The topological polar surface area (TPSA) is 0 Å². The first-order valence-electron chi connectivity index (χ1n) is 9.30. The highest BCUT2D eigenvalue weighted by Gasteiger charge is 2.10. The third kappa shape index (κ3) is 4.06. The Morgan fingerprint density at radius 1 is 0.667 bits per heavy atom. The lowest BCUT2D eigenvalue weighted by Gasteiger charge is -2.16. The number of rotatable bonds is 7. The number of hydrogen-bond donors (Lipinski definition) is 0. The summed E-state index contributed by atoms with van der Waals surface area (Å²) < 4.78 is 0. The predicted molar refractivity (Wildman–Crippen MR) is 106 cm³/mol. The molecule has 0 unspecified atom stereocenters. The molecule has 0 nitrogen and oxygen atoms in total. The first kappa shape index (κ1) is 16.8. The van der Waals surface area contributed by atoms with E-state index in [0.717, 1.165) is 0 Å². The van der Waals surface area contributed by atoms with Gasteiger partial charge in [0, 0.05) is 0 Å². The molecule has 24 heavy (non-hydrogen) atoms. The summed E-state index contributed by atoms with van der Waals surface area (Å²) in [7, 11) is 0. The minimum absolute atomic E-state index is 0.592. The van der Waals surface area contributed by atoms with Gasteiger partial charge in [-0.05, 0) is 59.1 Å². The molecule has 0 aliphatic carbocycles. The van der Waals surface area contributed by atoms with Gasteiger partial charge in [-0.3, -0.25) is 0 Å². The van der Waals surface area contributed by atoms with Gasteiger partial charge in [-0.25, -0.2) is 0 Å². The van der Waals surface area contributed by atoms with Crippen LogP contribution in [0.4, 0.5) is 0 Å². The van der Waals surface area contributed by atoms with Crippen LogP contribution in [0, 0.1) is 0 Å². The third-order valence-corrected chi connectivity index (χ3v) is 4.93. The van der Waals surface area contributed by atoms with E-state index in [-0.39, 0.29) is 0 Å². The summed E-state index contributed by atoms with van der Waals surface area (Å²) in [5.74, 6) is 0.592. The fourth-order valence-electron chi connectivity index (χ4n) is 3.63. The predicted octanol–water partition coefficient (Wildman–Crippen LogP) is 6.92. The molecule has 0 heterocycles. The summed E-state index contributed by atoms with van der Waals surface area (Å²) in [6.45, 7) is 4.62. The second-order valence-electron chi connectivity index (χ2n) is 7.06. The van der Waals surface area contributed by atoms with Gasteiger partial charge in [0.05, 0.1) is 0 Å². The standard InChI is InChI=1S/C24H28/c1-19(2)22-18-17-21-14-9-10-15-23(21)24(22)16-8-4-7-13-20-11-5-3-6-12-20/h3,5-6,9-12,14-15,17-19H,4,7-8,13,16H2,1-2H3. The fraction of sp³-hybridized carbons (Fsp3) is 0.333. The quantitative estimate of drug-likeness (QED) is 0.415. The zero-order chi connectivity index (χ0) is 16.8. The fourth-order valence-corrected chi connectivity index (χ4v) is 3.63. The van der Waals surface area contributed by atoms with Gasteiger partial charge in [0.25, 0.3) is 0 Å². The van der Waals surface area contributed by atoms with Gasteiger partial charge >= 0.3 is 0 Å². The van der Waals surface area contributed by atoms with Gasteiger partial charge < -0.3 is 0 Å². The van der Waals surface area contributed by atoms with Crippen LogP contribution in [0.5, 0.6) is 0 Å². The summed E-state index contributed by atoms with van der Waals surface area (Å²) in [4.78, 5) is 0. The molecule has 124 valence electrons. The Kier molecular flexibility index (Phi) is 5.69. The van der Waals surface area contributed by atoms with Crippen LogP contribution < -0.4 is 0 Å². The van der Waals surface area contributed by atoms with E-state index in [1.165, 1.54) is 54.0 Å². The van der Waals surface area contributed by atoms with E-state index in [1.54, 1.807) is 5.56 Å². The molecule has 0 aliphatic heterocycles. The van der Waals surface area contributed by atoms with Crippen LogP contribution in [0.15, 0.2) is 66.7 Å². The van der Waals surface area contributed by atoms with Crippen molar-refractivity contribution in [1.29, 1.82) is 0 Å². The first-order chi connectivity index (χ1) is 11.8. The summed E-state index contributed by atoms with van der Waals surface area (Å²) >= 11 is 0. The molecule has 0 heteroatoms. The lowest BCUT2D eigenvalue weighted by Crippen LogP contribution is -1.98. The van der Waals surface area contributed by atoms with Crippen molar-refractivity contribution in [1.82, 2.24) is 0 Å². The van der Waals surface area contributed by atoms with Crippen molar-refractivity contribution < 1.29 is 0 Å². The highest BCUT2D eigenvalue weighted by atomic mass is 14.1. The van der Waals surface area contributed by atoms with Crippen LogP contribution in [0.3, 0.4) is 0 Å². The Labute approximate surface area is 146 Å². The third-order valence-electron chi connectivity index (χ3n) is 4.93. The summed E-state index contributed by atoms with van der Waals surface area (Å²) in [6, 6.07) is 24.3. The molecule has 0 saturated carbocycles. The van der Waals surface area contributed by atoms with Crippen molar-refractivity contribution in [2.45, 2.75) is 51.9 Å². The Morgan fingerprint density at radius 2 is 1.38 bits per heavy atom. The van der Waals surface area contributed by atoms with Gasteiger partial charge in [0.15, 0.2) is 0 Å².